The summed E-state index contributed by atoms with van der Waals surface area (Å²) in [4.78, 5) is 18.1. The molecule has 2 aromatic rings. The first-order valence-electron chi connectivity index (χ1n) is 7.64. The van der Waals surface area contributed by atoms with Crippen LogP contribution in [0.1, 0.15) is 11.4 Å². The number of nitrogens with zero attached hydrogens (tertiary/aromatic N) is 5. The monoisotopic (exact) mass is 298 g/mol. The fraction of sp³-hybridized carbons (Fsp3) is 0.438. The third-order valence-corrected chi connectivity index (χ3v) is 3.81. The van der Waals surface area contributed by atoms with Crippen LogP contribution >= 0.6 is 0 Å². The van der Waals surface area contributed by atoms with E-state index in [2.05, 4.69) is 37.1 Å². The molecule has 0 spiro atoms. The van der Waals surface area contributed by atoms with Crippen molar-refractivity contribution in [3.8, 4) is 0 Å². The molecular weight excluding hydrogens is 276 g/mol. The van der Waals surface area contributed by atoms with Crippen LogP contribution in [0.5, 0.6) is 0 Å². The molecule has 0 atom stereocenters. The second-order valence-corrected chi connectivity index (χ2v) is 5.66. The Balaban J connectivity index is 1.70. The van der Waals surface area contributed by atoms with Gasteiger partial charge in [0.05, 0.1) is 12.2 Å². The fourth-order valence-electron chi connectivity index (χ4n) is 2.48. The Bertz CT molecular complexity index is 607. The maximum absolute atomic E-state index is 4.65. The summed E-state index contributed by atoms with van der Waals surface area (Å²) >= 11 is 0. The van der Waals surface area contributed by atoms with Gasteiger partial charge in [-0.15, -0.1) is 0 Å². The number of aromatic nitrogens is 3. The van der Waals surface area contributed by atoms with Crippen LogP contribution in [0, 0.1) is 6.92 Å². The lowest BCUT2D eigenvalue weighted by atomic mass is 10.3. The summed E-state index contributed by atoms with van der Waals surface area (Å²) in [6.45, 7) is 6.72. The number of rotatable bonds is 4. The van der Waals surface area contributed by atoms with Gasteiger partial charge in [-0.25, -0.2) is 4.98 Å². The number of pyridine rings is 1. The van der Waals surface area contributed by atoms with Crippen LogP contribution in [0.4, 0.5) is 11.8 Å². The molecule has 0 amide bonds. The van der Waals surface area contributed by atoms with Gasteiger partial charge in [0.25, 0.3) is 0 Å². The molecule has 0 saturated carbocycles. The summed E-state index contributed by atoms with van der Waals surface area (Å²) in [5.74, 6) is 1.67. The normalized spacial score (nSPS) is 15.8. The van der Waals surface area contributed by atoms with E-state index in [1.807, 2.05) is 31.2 Å². The van der Waals surface area contributed by atoms with Crippen molar-refractivity contribution in [1.82, 2.24) is 19.9 Å². The maximum atomic E-state index is 4.65. The van der Waals surface area contributed by atoms with Gasteiger partial charge in [0, 0.05) is 44.1 Å². The Morgan fingerprint density at radius 2 is 1.95 bits per heavy atom. The molecule has 22 heavy (non-hydrogen) atoms. The number of likely N-dealkylation sites (N-methyl/N-ethyl adjacent to an activating group) is 1. The van der Waals surface area contributed by atoms with Gasteiger partial charge in [-0.1, -0.05) is 6.07 Å². The Morgan fingerprint density at radius 3 is 2.68 bits per heavy atom. The first-order valence-corrected chi connectivity index (χ1v) is 7.64. The van der Waals surface area contributed by atoms with Crippen molar-refractivity contribution < 1.29 is 0 Å². The van der Waals surface area contributed by atoms with Gasteiger partial charge >= 0.3 is 0 Å². The number of nitrogens with one attached hydrogen (secondary N) is 1. The van der Waals surface area contributed by atoms with E-state index in [4.69, 9.17) is 0 Å². The molecule has 0 radical (unpaired) electrons. The topological polar surface area (TPSA) is 57.2 Å². The van der Waals surface area contributed by atoms with Crippen LogP contribution in [-0.2, 0) is 6.54 Å². The van der Waals surface area contributed by atoms with E-state index in [0.29, 0.717) is 6.54 Å². The van der Waals surface area contributed by atoms with Gasteiger partial charge in [-0.05, 0) is 26.1 Å². The van der Waals surface area contributed by atoms with Crippen molar-refractivity contribution in [2.24, 2.45) is 0 Å². The van der Waals surface area contributed by atoms with E-state index >= 15 is 0 Å². The van der Waals surface area contributed by atoms with Gasteiger partial charge in [-0.2, -0.15) is 4.98 Å². The summed E-state index contributed by atoms with van der Waals surface area (Å²) < 4.78 is 0. The van der Waals surface area contributed by atoms with Crippen molar-refractivity contribution in [1.29, 1.82) is 0 Å². The van der Waals surface area contributed by atoms with Gasteiger partial charge in [0.1, 0.15) is 5.82 Å². The molecule has 1 saturated heterocycles. The molecule has 1 aliphatic heterocycles. The lowest BCUT2D eigenvalue weighted by Crippen LogP contribution is -2.45. The maximum Gasteiger partial charge on any atom is 0.227 e. The van der Waals surface area contributed by atoms with Crippen LogP contribution < -0.4 is 10.2 Å². The third-order valence-electron chi connectivity index (χ3n) is 3.81. The quantitative estimate of drug-likeness (QED) is 0.924. The summed E-state index contributed by atoms with van der Waals surface area (Å²) in [5.41, 5.74) is 1.98. The highest BCUT2D eigenvalue weighted by Crippen LogP contribution is 2.15. The average Bonchev–Trinajstić information content (AvgIpc) is 2.54. The van der Waals surface area contributed by atoms with Gasteiger partial charge in [0.2, 0.25) is 5.95 Å². The minimum absolute atomic E-state index is 0.666. The van der Waals surface area contributed by atoms with E-state index in [-0.39, 0.29) is 0 Å². The predicted molar refractivity (Wildman–Crippen MR) is 88.0 cm³/mol. The van der Waals surface area contributed by atoms with Crippen LogP contribution in [0.25, 0.3) is 0 Å². The zero-order valence-electron chi connectivity index (χ0n) is 13.2. The average molecular weight is 298 g/mol. The van der Waals surface area contributed by atoms with Gasteiger partial charge < -0.3 is 15.1 Å². The minimum Gasteiger partial charge on any atom is -0.364 e. The largest absolute Gasteiger partial charge is 0.364 e. The van der Waals surface area contributed by atoms with Crippen molar-refractivity contribution in [3.05, 3.63) is 41.9 Å². The summed E-state index contributed by atoms with van der Waals surface area (Å²) in [6.07, 6.45) is 1.80. The summed E-state index contributed by atoms with van der Waals surface area (Å²) in [5, 5.41) is 3.34. The highest BCUT2D eigenvalue weighted by molar-refractivity contribution is 5.44. The first-order chi connectivity index (χ1) is 10.7. The summed E-state index contributed by atoms with van der Waals surface area (Å²) in [7, 11) is 2.15. The SMILES string of the molecule is Cc1cc(NCc2ccccn2)nc(N2CCN(C)CC2)n1. The Morgan fingerprint density at radius 1 is 1.14 bits per heavy atom. The van der Waals surface area contributed by atoms with Crippen molar-refractivity contribution in [3.63, 3.8) is 0 Å². The van der Waals surface area contributed by atoms with Gasteiger partial charge in [0.15, 0.2) is 0 Å². The van der Waals surface area contributed by atoms with E-state index in [1.165, 1.54) is 0 Å². The standard InChI is InChI=1S/C16H22N6/c1-13-11-15(18-12-14-5-3-4-6-17-14)20-16(19-13)22-9-7-21(2)8-10-22/h3-6,11H,7-10,12H2,1-2H3,(H,18,19,20). The van der Waals surface area contributed by atoms with E-state index in [1.54, 1.807) is 6.20 Å². The predicted octanol–water partition coefficient (Wildman–Crippen LogP) is 1.54. The van der Waals surface area contributed by atoms with Crippen LogP contribution in [0.15, 0.2) is 30.5 Å². The highest BCUT2D eigenvalue weighted by atomic mass is 15.3. The number of piperazine rings is 1. The lowest BCUT2D eigenvalue weighted by molar-refractivity contribution is 0.311. The van der Waals surface area contributed by atoms with E-state index < -0.39 is 0 Å². The molecule has 3 rings (SSSR count). The summed E-state index contributed by atoms with van der Waals surface area (Å²) in [6, 6.07) is 7.89. The molecule has 1 aliphatic rings. The van der Waals surface area contributed by atoms with Crippen LogP contribution in [-0.4, -0.2) is 53.1 Å². The van der Waals surface area contributed by atoms with Gasteiger partial charge in [-0.3, -0.25) is 4.98 Å². The van der Waals surface area contributed by atoms with E-state index in [9.17, 15) is 0 Å². The highest BCUT2D eigenvalue weighted by Gasteiger charge is 2.17. The minimum atomic E-state index is 0.666. The molecule has 6 heteroatoms. The first kappa shape index (κ1) is 14.7. The smallest absolute Gasteiger partial charge is 0.227 e. The molecule has 1 fully saturated rings. The van der Waals surface area contributed by atoms with Crippen LogP contribution in [0.2, 0.25) is 0 Å². The number of hydrogen-bond donors (Lipinski definition) is 1. The van der Waals surface area contributed by atoms with E-state index in [0.717, 1.165) is 49.3 Å². The molecule has 0 aliphatic carbocycles. The number of aryl methyl sites for hydroxylation is 1. The fourth-order valence-corrected chi connectivity index (χ4v) is 2.48. The Hall–Kier alpha value is -2.21. The number of anilines is 2. The zero-order chi connectivity index (χ0) is 15.4. The molecule has 0 bridgehead atoms. The van der Waals surface area contributed by atoms with Crippen LogP contribution in [0.3, 0.4) is 0 Å². The molecule has 3 heterocycles. The molecule has 2 aromatic heterocycles. The van der Waals surface area contributed by atoms with Crippen molar-refractivity contribution in [2.75, 3.05) is 43.4 Å². The molecule has 0 unspecified atom stereocenters. The Kier molecular flexibility index (Phi) is 4.48. The second-order valence-electron chi connectivity index (χ2n) is 5.66. The molecule has 116 valence electrons. The molecule has 0 aromatic carbocycles. The zero-order valence-corrected chi connectivity index (χ0v) is 13.2. The number of hydrogen-bond acceptors (Lipinski definition) is 6. The Labute approximate surface area is 131 Å². The molecular formula is C16H22N6. The van der Waals surface area contributed by atoms with Crippen molar-refractivity contribution >= 4 is 11.8 Å². The third kappa shape index (κ3) is 3.71. The van der Waals surface area contributed by atoms with Crippen molar-refractivity contribution in [2.45, 2.75) is 13.5 Å². The second kappa shape index (κ2) is 6.70. The molecule has 1 N–H and O–H groups in total. The molecule has 6 nitrogen and oxygen atoms in total. The lowest BCUT2D eigenvalue weighted by Gasteiger charge is -2.32.